The van der Waals surface area contributed by atoms with Crippen molar-refractivity contribution in [3.05, 3.63) is 59.7 Å². The van der Waals surface area contributed by atoms with E-state index in [0.717, 1.165) is 51.4 Å². The van der Waals surface area contributed by atoms with E-state index >= 15 is 0 Å². The van der Waals surface area contributed by atoms with Crippen LogP contribution in [0.25, 0.3) is 0 Å². The van der Waals surface area contributed by atoms with Crippen LogP contribution >= 0.6 is 0 Å². The zero-order chi connectivity index (χ0) is 19.3. The summed E-state index contributed by atoms with van der Waals surface area (Å²) >= 11 is 0. The number of hydrogen-bond acceptors (Lipinski definition) is 4. The minimum atomic E-state index is 0.152. The molecule has 0 aromatic heterocycles. The second kappa shape index (κ2) is 8.76. The van der Waals surface area contributed by atoms with Crippen LogP contribution in [0, 0.1) is 5.92 Å². The van der Waals surface area contributed by atoms with E-state index in [0.29, 0.717) is 0 Å². The van der Waals surface area contributed by atoms with Crippen LogP contribution in [0.15, 0.2) is 48.5 Å². The molecule has 148 valence electrons. The predicted octanol–water partition coefficient (Wildman–Crippen LogP) is 3.72. The monoisotopic (exact) mass is 379 g/mol. The number of amides is 1. The summed E-state index contributed by atoms with van der Waals surface area (Å²) in [6.45, 7) is 6.54. The molecule has 2 N–H and O–H groups in total. The van der Waals surface area contributed by atoms with Crippen molar-refractivity contribution in [3.8, 4) is 0 Å². The normalized spacial score (nSPS) is 18.0. The van der Waals surface area contributed by atoms with E-state index < -0.39 is 0 Å². The number of rotatable bonds is 7. The fourth-order valence-electron chi connectivity index (χ4n) is 3.48. The van der Waals surface area contributed by atoms with E-state index in [-0.39, 0.29) is 17.9 Å². The Kier molecular flexibility index (Phi) is 5.93. The first kappa shape index (κ1) is 19.0. The molecule has 0 radical (unpaired) electrons. The third-order valence-corrected chi connectivity index (χ3v) is 5.55. The van der Waals surface area contributed by atoms with E-state index in [2.05, 4.69) is 58.9 Å². The highest BCUT2D eigenvalue weighted by molar-refractivity contribution is 5.94. The van der Waals surface area contributed by atoms with Gasteiger partial charge in [-0.15, -0.1) is 0 Å². The number of ether oxygens (including phenoxy) is 1. The van der Waals surface area contributed by atoms with Gasteiger partial charge in [-0.3, -0.25) is 4.79 Å². The smallest absolute Gasteiger partial charge is 0.227 e. The van der Waals surface area contributed by atoms with Crippen molar-refractivity contribution >= 4 is 17.3 Å². The highest BCUT2D eigenvalue weighted by Crippen LogP contribution is 2.30. The zero-order valence-corrected chi connectivity index (χ0v) is 16.5. The van der Waals surface area contributed by atoms with E-state index in [1.54, 1.807) is 0 Å². The quantitative estimate of drug-likeness (QED) is 0.770. The molecule has 1 saturated carbocycles. The molecule has 1 aliphatic heterocycles. The van der Waals surface area contributed by atoms with E-state index in [4.69, 9.17) is 4.74 Å². The first-order valence-electron chi connectivity index (χ1n) is 10.2. The molecule has 1 atom stereocenters. The lowest BCUT2D eigenvalue weighted by molar-refractivity contribution is -0.117. The number of nitrogens with one attached hydrogen (secondary N) is 2. The van der Waals surface area contributed by atoms with E-state index in [9.17, 15) is 4.79 Å². The average Bonchev–Trinajstić information content (AvgIpc) is 3.59. The Hall–Kier alpha value is -2.37. The van der Waals surface area contributed by atoms with Gasteiger partial charge in [0.2, 0.25) is 5.91 Å². The standard InChI is InChI=1S/C23H29N3O2/c1-17(19-6-8-21(9-7-19)25-23(27)20-4-5-20)24-16-18-2-10-22(11-3-18)26-12-14-28-15-13-26/h2-3,6-11,17,20,24H,4-5,12-16H2,1H3,(H,25,27). The van der Waals surface area contributed by atoms with Crippen LogP contribution in [0.5, 0.6) is 0 Å². The van der Waals surface area contributed by atoms with Gasteiger partial charge < -0.3 is 20.3 Å². The Morgan fingerprint density at radius 2 is 1.75 bits per heavy atom. The van der Waals surface area contributed by atoms with E-state index in [1.807, 2.05) is 12.1 Å². The topological polar surface area (TPSA) is 53.6 Å². The maximum Gasteiger partial charge on any atom is 0.227 e. The maximum absolute atomic E-state index is 11.8. The highest BCUT2D eigenvalue weighted by Gasteiger charge is 2.29. The number of anilines is 2. The first-order chi connectivity index (χ1) is 13.7. The molecule has 1 unspecified atom stereocenters. The van der Waals surface area contributed by atoms with Crippen molar-refractivity contribution in [1.29, 1.82) is 0 Å². The van der Waals surface area contributed by atoms with Gasteiger partial charge in [-0.1, -0.05) is 24.3 Å². The lowest BCUT2D eigenvalue weighted by Crippen LogP contribution is -2.36. The molecule has 1 aliphatic carbocycles. The van der Waals surface area contributed by atoms with Crippen molar-refractivity contribution in [2.75, 3.05) is 36.5 Å². The summed E-state index contributed by atoms with van der Waals surface area (Å²) < 4.78 is 5.42. The van der Waals surface area contributed by atoms with Crippen molar-refractivity contribution in [2.45, 2.75) is 32.4 Å². The molecule has 1 amide bonds. The molecule has 0 bridgehead atoms. The third kappa shape index (κ3) is 4.91. The molecule has 28 heavy (non-hydrogen) atoms. The van der Waals surface area contributed by atoms with Crippen molar-refractivity contribution in [2.24, 2.45) is 5.92 Å². The molecule has 1 saturated heterocycles. The van der Waals surface area contributed by atoms with Gasteiger partial charge in [0, 0.05) is 43.0 Å². The van der Waals surface area contributed by atoms with Gasteiger partial charge in [0.25, 0.3) is 0 Å². The molecule has 1 heterocycles. The molecule has 2 fully saturated rings. The number of nitrogens with zero attached hydrogens (tertiary/aromatic N) is 1. The van der Waals surface area contributed by atoms with Crippen LogP contribution in [0.1, 0.15) is 36.9 Å². The zero-order valence-electron chi connectivity index (χ0n) is 16.5. The number of carbonyl (C=O) groups excluding carboxylic acids is 1. The molecule has 5 nitrogen and oxygen atoms in total. The SMILES string of the molecule is CC(NCc1ccc(N2CCOCC2)cc1)c1ccc(NC(=O)C2CC2)cc1. The lowest BCUT2D eigenvalue weighted by atomic mass is 10.1. The first-order valence-corrected chi connectivity index (χ1v) is 10.2. The Morgan fingerprint density at radius 1 is 1.07 bits per heavy atom. The predicted molar refractivity (Wildman–Crippen MR) is 113 cm³/mol. The van der Waals surface area contributed by atoms with Gasteiger partial charge in [-0.2, -0.15) is 0 Å². The number of morpholine rings is 1. The van der Waals surface area contributed by atoms with Crippen LogP contribution in [-0.4, -0.2) is 32.2 Å². The molecular formula is C23H29N3O2. The molecule has 5 heteroatoms. The summed E-state index contributed by atoms with van der Waals surface area (Å²) in [5, 5.41) is 6.57. The summed E-state index contributed by atoms with van der Waals surface area (Å²) in [5.41, 5.74) is 4.64. The largest absolute Gasteiger partial charge is 0.378 e. The van der Waals surface area contributed by atoms with Crippen LogP contribution < -0.4 is 15.5 Å². The third-order valence-electron chi connectivity index (χ3n) is 5.55. The fourth-order valence-corrected chi connectivity index (χ4v) is 3.48. The van der Waals surface area contributed by atoms with Gasteiger partial charge in [0.1, 0.15) is 0 Å². The Balaban J connectivity index is 1.27. The number of carbonyl (C=O) groups is 1. The van der Waals surface area contributed by atoms with Gasteiger partial charge >= 0.3 is 0 Å². The summed E-state index contributed by atoms with van der Waals surface area (Å²) in [4.78, 5) is 14.2. The van der Waals surface area contributed by atoms with Crippen LogP contribution in [0.3, 0.4) is 0 Å². The van der Waals surface area contributed by atoms with Crippen LogP contribution in [-0.2, 0) is 16.1 Å². The van der Waals surface area contributed by atoms with Crippen molar-refractivity contribution < 1.29 is 9.53 Å². The Morgan fingerprint density at radius 3 is 2.39 bits per heavy atom. The van der Waals surface area contributed by atoms with Gasteiger partial charge in [0.15, 0.2) is 0 Å². The molecule has 4 rings (SSSR count). The lowest BCUT2D eigenvalue weighted by Gasteiger charge is -2.29. The van der Waals surface area contributed by atoms with Gasteiger partial charge in [0.05, 0.1) is 13.2 Å². The molecule has 0 spiro atoms. The van der Waals surface area contributed by atoms with Crippen LogP contribution in [0.2, 0.25) is 0 Å². The molecule has 2 aromatic rings. The average molecular weight is 380 g/mol. The highest BCUT2D eigenvalue weighted by atomic mass is 16.5. The Bertz CT molecular complexity index is 778. The van der Waals surface area contributed by atoms with Crippen molar-refractivity contribution in [1.82, 2.24) is 5.32 Å². The minimum absolute atomic E-state index is 0.152. The molecular weight excluding hydrogens is 350 g/mol. The fraction of sp³-hybridized carbons (Fsp3) is 0.435. The summed E-state index contributed by atoms with van der Waals surface area (Å²) in [5.74, 6) is 0.384. The second-order valence-corrected chi connectivity index (χ2v) is 7.75. The minimum Gasteiger partial charge on any atom is -0.378 e. The van der Waals surface area contributed by atoms with Gasteiger partial charge in [-0.25, -0.2) is 0 Å². The number of hydrogen-bond donors (Lipinski definition) is 2. The number of benzene rings is 2. The Labute approximate surface area is 167 Å². The summed E-state index contributed by atoms with van der Waals surface area (Å²) in [6.07, 6.45) is 2.05. The van der Waals surface area contributed by atoms with Crippen molar-refractivity contribution in [3.63, 3.8) is 0 Å². The van der Waals surface area contributed by atoms with E-state index in [1.165, 1.54) is 16.8 Å². The molecule has 2 aromatic carbocycles. The van der Waals surface area contributed by atoms with Gasteiger partial charge in [-0.05, 0) is 55.2 Å². The summed E-state index contributed by atoms with van der Waals surface area (Å²) in [7, 11) is 0. The maximum atomic E-state index is 11.8. The molecule has 2 aliphatic rings. The van der Waals surface area contributed by atoms with Crippen LogP contribution in [0.4, 0.5) is 11.4 Å². The second-order valence-electron chi connectivity index (χ2n) is 7.75. The summed E-state index contributed by atoms with van der Waals surface area (Å²) in [6, 6.07) is 17.2.